The second-order valence-electron chi connectivity index (χ2n) is 6.01. The summed E-state index contributed by atoms with van der Waals surface area (Å²) in [6.07, 6.45) is 1.47. The van der Waals surface area contributed by atoms with Crippen LogP contribution in [0.25, 0.3) is 0 Å². The normalized spacial score (nSPS) is 15.2. The molecular formula is C17H19FN4O2S. The lowest BCUT2D eigenvalue weighted by molar-refractivity contribution is -0.134. The van der Waals surface area contributed by atoms with Crippen LogP contribution in [-0.4, -0.2) is 34.8 Å². The topological polar surface area (TPSA) is 88.3 Å². The zero-order valence-corrected chi connectivity index (χ0v) is 14.4. The number of likely N-dealkylation sites (tertiary alicyclic amines) is 1. The second-order valence-corrected chi connectivity index (χ2v) is 6.87. The molecule has 0 atom stereocenters. The number of nitrogens with one attached hydrogen (secondary N) is 1. The Kier molecular flexibility index (Phi) is 5.28. The monoisotopic (exact) mass is 362 g/mol. The van der Waals surface area contributed by atoms with Crippen molar-refractivity contribution in [3.8, 4) is 0 Å². The van der Waals surface area contributed by atoms with E-state index in [0.29, 0.717) is 36.8 Å². The minimum atomic E-state index is -0.295. The van der Waals surface area contributed by atoms with Crippen molar-refractivity contribution in [1.82, 2.24) is 9.88 Å². The molecule has 0 radical (unpaired) electrons. The molecule has 8 heteroatoms. The number of carbonyl (C=O) groups is 2. The molecule has 1 aromatic carbocycles. The van der Waals surface area contributed by atoms with E-state index in [2.05, 4.69) is 10.3 Å². The van der Waals surface area contributed by atoms with Gasteiger partial charge in [0, 0.05) is 30.1 Å². The number of hydrogen-bond donors (Lipinski definition) is 2. The molecule has 2 amide bonds. The summed E-state index contributed by atoms with van der Waals surface area (Å²) in [5.74, 6) is -0.712. The Morgan fingerprint density at radius 2 is 1.96 bits per heavy atom. The van der Waals surface area contributed by atoms with E-state index >= 15 is 0 Å². The number of nitrogens with zero attached hydrogens (tertiary/aromatic N) is 2. The largest absolute Gasteiger partial charge is 0.369 e. The Labute approximate surface area is 148 Å². The predicted molar refractivity (Wildman–Crippen MR) is 94.0 cm³/mol. The van der Waals surface area contributed by atoms with E-state index < -0.39 is 0 Å². The van der Waals surface area contributed by atoms with Gasteiger partial charge in [0.15, 0.2) is 5.13 Å². The molecule has 0 unspecified atom stereocenters. The lowest BCUT2D eigenvalue weighted by Crippen LogP contribution is -2.42. The average molecular weight is 362 g/mol. The Morgan fingerprint density at radius 3 is 2.60 bits per heavy atom. The van der Waals surface area contributed by atoms with Gasteiger partial charge in [-0.3, -0.25) is 9.59 Å². The smallest absolute Gasteiger partial charge is 0.228 e. The van der Waals surface area contributed by atoms with Crippen LogP contribution in [0.15, 0.2) is 29.6 Å². The van der Waals surface area contributed by atoms with Crippen LogP contribution in [-0.2, 0) is 16.0 Å². The molecule has 3 rings (SSSR count). The molecule has 0 aliphatic carbocycles. The number of carbonyl (C=O) groups excluding carboxylic acids is 2. The SMILES string of the molecule is NC(=O)C1CCN(C(=O)Cc2csc(Nc3ccc(F)cc3)n2)CC1. The van der Waals surface area contributed by atoms with Gasteiger partial charge in [-0.1, -0.05) is 0 Å². The summed E-state index contributed by atoms with van der Waals surface area (Å²) in [7, 11) is 0. The number of anilines is 2. The van der Waals surface area contributed by atoms with E-state index in [4.69, 9.17) is 5.73 Å². The van der Waals surface area contributed by atoms with Gasteiger partial charge in [-0.2, -0.15) is 0 Å². The maximum Gasteiger partial charge on any atom is 0.228 e. The lowest BCUT2D eigenvalue weighted by Gasteiger charge is -2.30. The number of piperidine rings is 1. The first kappa shape index (κ1) is 17.3. The zero-order chi connectivity index (χ0) is 17.8. The molecule has 6 nitrogen and oxygen atoms in total. The fourth-order valence-corrected chi connectivity index (χ4v) is 3.51. The van der Waals surface area contributed by atoms with E-state index in [1.807, 2.05) is 5.38 Å². The molecule has 1 aromatic heterocycles. The third-order valence-electron chi connectivity index (χ3n) is 4.23. The highest BCUT2D eigenvalue weighted by Crippen LogP contribution is 2.22. The number of thiazole rings is 1. The number of nitrogens with two attached hydrogens (primary N) is 1. The van der Waals surface area contributed by atoms with Crippen molar-refractivity contribution in [3.05, 3.63) is 41.2 Å². The summed E-state index contributed by atoms with van der Waals surface area (Å²) >= 11 is 1.39. The Hall–Kier alpha value is -2.48. The highest BCUT2D eigenvalue weighted by atomic mass is 32.1. The summed E-state index contributed by atoms with van der Waals surface area (Å²) in [5.41, 5.74) is 6.74. The van der Waals surface area contributed by atoms with Gasteiger partial charge in [0.25, 0.3) is 0 Å². The third kappa shape index (κ3) is 4.54. The molecule has 25 heavy (non-hydrogen) atoms. The Morgan fingerprint density at radius 1 is 1.28 bits per heavy atom. The highest BCUT2D eigenvalue weighted by molar-refractivity contribution is 7.13. The molecule has 1 aliphatic heterocycles. The molecule has 2 heterocycles. The molecule has 3 N–H and O–H groups in total. The zero-order valence-electron chi connectivity index (χ0n) is 13.6. The van der Waals surface area contributed by atoms with Crippen LogP contribution in [0.2, 0.25) is 0 Å². The molecular weight excluding hydrogens is 343 g/mol. The molecule has 1 aliphatic rings. The second kappa shape index (κ2) is 7.60. The number of benzene rings is 1. The molecule has 0 saturated carbocycles. The maximum absolute atomic E-state index is 12.9. The van der Waals surface area contributed by atoms with Gasteiger partial charge < -0.3 is 16.0 Å². The fourth-order valence-electron chi connectivity index (χ4n) is 2.78. The first-order chi connectivity index (χ1) is 12.0. The number of rotatable bonds is 5. The van der Waals surface area contributed by atoms with Gasteiger partial charge in [-0.15, -0.1) is 11.3 Å². The minimum Gasteiger partial charge on any atom is -0.369 e. The summed E-state index contributed by atoms with van der Waals surface area (Å²) in [4.78, 5) is 29.7. The maximum atomic E-state index is 12.9. The lowest BCUT2D eigenvalue weighted by atomic mass is 9.96. The summed E-state index contributed by atoms with van der Waals surface area (Å²) in [6.45, 7) is 1.11. The van der Waals surface area contributed by atoms with Gasteiger partial charge in [0.1, 0.15) is 5.82 Å². The first-order valence-electron chi connectivity index (χ1n) is 8.05. The van der Waals surface area contributed by atoms with Gasteiger partial charge in [-0.05, 0) is 37.1 Å². The van der Waals surface area contributed by atoms with Crippen molar-refractivity contribution in [2.45, 2.75) is 19.3 Å². The van der Waals surface area contributed by atoms with E-state index in [-0.39, 0.29) is 30.0 Å². The van der Waals surface area contributed by atoms with Gasteiger partial charge >= 0.3 is 0 Å². The molecule has 1 saturated heterocycles. The van der Waals surface area contributed by atoms with E-state index in [1.165, 1.54) is 23.5 Å². The van der Waals surface area contributed by atoms with Crippen molar-refractivity contribution in [3.63, 3.8) is 0 Å². The van der Waals surface area contributed by atoms with Crippen LogP contribution < -0.4 is 11.1 Å². The predicted octanol–water partition coefficient (Wildman–Crippen LogP) is 2.29. The minimum absolute atomic E-state index is 0.00144. The third-order valence-corrected chi connectivity index (χ3v) is 5.04. The highest BCUT2D eigenvalue weighted by Gasteiger charge is 2.26. The Bertz CT molecular complexity index is 754. The summed E-state index contributed by atoms with van der Waals surface area (Å²) in [6, 6.07) is 6.00. The Balaban J connectivity index is 1.53. The van der Waals surface area contributed by atoms with Gasteiger partial charge in [-0.25, -0.2) is 9.37 Å². The van der Waals surface area contributed by atoms with E-state index in [0.717, 1.165) is 5.69 Å². The van der Waals surface area contributed by atoms with E-state index in [1.54, 1.807) is 17.0 Å². The van der Waals surface area contributed by atoms with Crippen LogP contribution >= 0.6 is 11.3 Å². The van der Waals surface area contributed by atoms with Crippen LogP contribution in [0, 0.1) is 11.7 Å². The van der Waals surface area contributed by atoms with Gasteiger partial charge in [0.05, 0.1) is 12.1 Å². The van der Waals surface area contributed by atoms with Crippen molar-refractivity contribution in [2.24, 2.45) is 11.7 Å². The number of amides is 2. The fraction of sp³-hybridized carbons (Fsp3) is 0.353. The van der Waals surface area contributed by atoms with Crippen LogP contribution in [0.5, 0.6) is 0 Å². The molecule has 0 bridgehead atoms. The summed E-state index contributed by atoms with van der Waals surface area (Å²) < 4.78 is 12.9. The number of halogens is 1. The van der Waals surface area contributed by atoms with Crippen LogP contribution in [0.3, 0.4) is 0 Å². The van der Waals surface area contributed by atoms with Crippen molar-refractivity contribution in [2.75, 3.05) is 18.4 Å². The summed E-state index contributed by atoms with van der Waals surface area (Å²) in [5, 5.41) is 5.57. The van der Waals surface area contributed by atoms with Crippen molar-refractivity contribution >= 4 is 34.0 Å². The van der Waals surface area contributed by atoms with Gasteiger partial charge in [0.2, 0.25) is 11.8 Å². The standard InChI is InChI=1S/C17H19FN4O2S/c18-12-1-3-13(4-2-12)20-17-21-14(10-25-17)9-15(23)22-7-5-11(6-8-22)16(19)24/h1-4,10-11H,5-9H2,(H2,19,24)(H,20,21). The number of primary amides is 1. The first-order valence-corrected chi connectivity index (χ1v) is 8.93. The number of aromatic nitrogens is 1. The number of hydrogen-bond acceptors (Lipinski definition) is 5. The van der Waals surface area contributed by atoms with Crippen molar-refractivity contribution < 1.29 is 14.0 Å². The molecule has 1 fully saturated rings. The molecule has 2 aromatic rings. The van der Waals surface area contributed by atoms with E-state index in [9.17, 15) is 14.0 Å². The van der Waals surface area contributed by atoms with Crippen molar-refractivity contribution in [1.29, 1.82) is 0 Å². The quantitative estimate of drug-likeness (QED) is 0.854. The van der Waals surface area contributed by atoms with Crippen LogP contribution in [0.4, 0.5) is 15.2 Å². The van der Waals surface area contributed by atoms with Crippen LogP contribution in [0.1, 0.15) is 18.5 Å². The molecule has 0 spiro atoms. The average Bonchev–Trinajstić information content (AvgIpc) is 3.04. The molecule has 132 valence electrons.